The molecule has 0 spiro atoms. The molecule has 0 radical (unpaired) electrons. The van der Waals surface area contributed by atoms with Gasteiger partial charge in [0, 0.05) is 24.6 Å². The Morgan fingerprint density at radius 2 is 2.00 bits per heavy atom. The SMILES string of the molecule is CCOc1ccc(OC)cc1NC(=O)CC1CC2CCC(C1)N2.Cl. The van der Waals surface area contributed by atoms with E-state index < -0.39 is 0 Å². The molecule has 2 saturated heterocycles. The van der Waals surface area contributed by atoms with Crippen LogP contribution in [0.25, 0.3) is 0 Å². The van der Waals surface area contributed by atoms with Gasteiger partial charge in [-0.1, -0.05) is 0 Å². The van der Waals surface area contributed by atoms with Gasteiger partial charge in [-0.15, -0.1) is 12.4 Å². The first-order chi connectivity index (χ1) is 11.2. The molecule has 24 heavy (non-hydrogen) atoms. The van der Waals surface area contributed by atoms with Crippen LogP contribution in [-0.4, -0.2) is 31.7 Å². The van der Waals surface area contributed by atoms with Gasteiger partial charge in [-0.25, -0.2) is 0 Å². The molecule has 2 N–H and O–H groups in total. The number of methoxy groups -OCH3 is 1. The molecule has 1 amide bonds. The van der Waals surface area contributed by atoms with E-state index in [-0.39, 0.29) is 18.3 Å². The number of amides is 1. The van der Waals surface area contributed by atoms with E-state index >= 15 is 0 Å². The zero-order valence-electron chi connectivity index (χ0n) is 14.3. The molecule has 3 rings (SSSR count). The third-order valence-corrected chi connectivity index (χ3v) is 4.81. The van der Waals surface area contributed by atoms with Gasteiger partial charge in [0.15, 0.2) is 0 Å². The van der Waals surface area contributed by atoms with E-state index in [9.17, 15) is 4.79 Å². The highest BCUT2D eigenvalue weighted by Crippen LogP contribution is 2.34. The Morgan fingerprint density at radius 1 is 1.29 bits per heavy atom. The molecule has 2 atom stereocenters. The number of carbonyl (C=O) groups is 1. The number of nitrogens with one attached hydrogen (secondary N) is 2. The summed E-state index contributed by atoms with van der Waals surface area (Å²) in [5, 5.41) is 6.62. The van der Waals surface area contributed by atoms with Crippen LogP contribution in [0.1, 0.15) is 39.0 Å². The minimum absolute atomic E-state index is 0. The van der Waals surface area contributed by atoms with Crippen LogP contribution >= 0.6 is 12.4 Å². The summed E-state index contributed by atoms with van der Waals surface area (Å²) in [6, 6.07) is 6.72. The summed E-state index contributed by atoms with van der Waals surface area (Å²) < 4.78 is 10.8. The maximum Gasteiger partial charge on any atom is 0.224 e. The summed E-state index contributed by atoms with van der Waals surface area (Å²) in [5.41, 5.74) is 0.688. The quantitative estimate of drug-likeness (QED) is 0.822. The topological polar surface area (TPSA) is 59.6 Å². The summed E-state index contributed by atoms with van der Waals surface area (Å²) in [5.74, 6) is 1.94. The Kier molecular flexibility index (Phi) is 6.75. The Morgan fingerprint density at radius 3 is 2.62 bits per heavy atom. The molecule has 6 heteroatoms. The van der Waals surface area contributed by atoms with Crippen LogP contribution in [0, 0.1) is 5.92 Å². The van der Waals surface area contributed by atoms with Crippen molar-refractivity contribution in [2.24, 2.45) is 5.92 Å². The van der Waals surface area contributed by atoms with E-state index in [1.165, 1.54) is 12.8 Å². The lowest BCUT2D eigenvalue weighted by molar-refractivity contribution is -0.117. The van der Waals surface area contributed by atoms with E-state index in [0.717, 1.165) is 12.8 Å². The van der Waals surface area contributed by atoms with Crippen molar-refractivity contribution in [3.05, 3.63) is 18.2 Å². The second-order valence-corrected chi connectivity index (χ2v) is 6.52. The molecule has 0 aliphatic carbocycles. The van der Waals surface area contributed by atoms with Gasteiger partial charge >= 0.3 is 0 Å². The fourth-order valence-electron chi connectivity index (χ4n) is 3.82. The molecule has 2 aliphatic rings. The highest BCUT2D eigenvalue weighted by molar-refractivity contribution is 5.92. The normalized spacial score (nSPS) is 24.8. The molecular weight excluding hydrogens is 328 g/mol. The number of fused-ring (bicyclic) bond motifs is 2. The largest absolute Gasteiger partial charge is 0.497 e. The summed E-state index contributed by atoms with van der Waals surface area (Å²) >= 11 is 0. The predicted octanol–water partition coefficient (Wildman–Crippen LogP) is 3.37. The van der Waals surface area contributed by atoms with Crippen molar-refractivity contribution in [2.75, 3.05) is 19.0 Å². The van der Waals surface area contributed by atoms with Crippen LogP contribution in [0.15, 0.2) is 18.2 Å². The molecule has 0 aromatic heterocycles. The fraction of sp³-hybridized carbons (Fsp3) is 0.611. The second kappa shape index (κ2) is 8.58. The number of benzene rings is 1. The Bertz CT molecular complexity index is 555. The van der Waals surface area contributed by atoms with Crippen LogP contribution in [0.3, 0.4) is 0 Å². The van der Waals surface area contributed by atoms with Gasteiger partial charge < -0.3 is 20.1 Å². The zero-order valence-corrected chi connectivity index (χ0v) is 15.2. The van der Waals surface area contributed by atoms with Gasteiger partial charge in [-0.2, -0.15) is 0 Å². The summed E-state index contributed by atoms with van der Waals surface area (Å²) in [4.78, 5) is 12.4. The smallest absolute Gasteiger partial charge is 0.224 e. The molecular formula is C18H27ClN2O3. The second-order valence-electron chi connectivity index (χ2n) is 6.52. The molecule has 2 unspecified atom stereocenters. The molecule has 134 valence electrons. The van der Waals surface area contributed by atoms with Gasteiger partial charge in [-0.05, 0) is 50.7 Å². The highest BCUT2D eigenvalue weighted by atomic mass is 35.5. The molecule has 0 saturated carbocycles. The van der Waals surface area contributed by atoms with Crippen molar-refractivity contribution in [1.29, 1.82) is 0 Å². The first kappa shape index (κ1) is 18.9. The van der Waals surface area contributed by atoms with E-state index in [2.05, 4.69) is 10.6 Å². The first-order valence-corrected chi connectivity index (χ1v) is 8.54. The number of anilines is 1. The van der Waals surface area contributed by atoms with E-state index in [1.807, 2.05) is 25.1 Å². The molecule has 5 nitrogen and oxygen atoms in total. The highest BCUT2D eigenvalue weighted by Gasteiger charge is 2.34. The van der Waals surface area contributed by atoms with E-state index in [1.54, 1.807) is 7.11 Å². The van der Waals surface area contributed by atoms with Gasteiger partial charge in [0.2, 0.25) is 5.91 Å². The Labute approximate surface area is 149 Å². The number of rotatable bonds is 6. The van der Waals surface area contributed by atoms with Crippen LogP contribution < -0.4 is 20.1 Å². The maximum atomic E-state index is 12.4. The van der Waals surface area contributed by atoms with Crippen molar-refractivity contribution in [1.82, 2.24) is 5.32 Å². The molecule has 2 fully saturated rings. The Hall–Kier alpha value is -1.46. The van der Waals surface area contributed by atoms with Crippen molar-refractivity contribution >= 4 is 24.0 Å². The summed E-state index contributed by atoms with van der Waals surface area (Å²) in [6.45, 7) is 2.49. The number of hydrogen-bond acceptors (Lipinski definition) is 4. The molecule has 1 aromatic carbocycles. The molecule has 1 aromatic rings. The summed E-state index contributed by atoms with van der Waals surface area (Å²) in [7, 11) is 1.62. The monoisotopic (exact) mass is 354 g/mol. The number of ether oxygens (including phenoxy) is 2. The van der Waals surface area contributed by atoms with Crippen LogP contribution in [0.5, 0.6) is 11.5 Å². The lowest BCUT2D eigenvalue weighted by atomic mass is 9.89. The lowest BCUT2D eigenvalue weighted by Crippen LogP contribution is -2.39. The van der Waals surface area contributed by atoms with Crippen molar-refractivity contribution < 1.29 is 14.3 Å². The van der Waals surface area contributed by atoms with Crippen molar-refractivity contribution in [3.63, 3.8) is 0 Å². The van der Waals surface area contributed by atoms with Gasteiger partial charge in [0.1, 0.15) is 11.5 Å². The number of carbonyl (C=O) groups excluding carboxylic acids is 1. The van der Waals surface area contributed by atoms with Gasteiger partial charge in [-0.3, -0.25) is 4.79 Å². The van der Waals surface area contributed by atoms with Gasteiger partial charge in [0.25, 0.3) is 0 Å². The minimum Gasteiger partial charge on any atom is -0.497 e. The molecule has 2 bridgehead atoms. The van der Waals surface area contributed by atoms with Gasteiger partial charge in [0.05, 0.1) is 19.4 Å². The fourth-order valence-corrected chi connectivity index (χ4v) is 3.82. The van der Waals surface area contributed by atoms with E-state index in [4.69, 9.17) is 9.47 Å². The minimum atomic E-state index is 0. The number of hydrogen-bond donors (Lipinski definition) is 2. The van der Waals surface area contributed by atoms with Crippen LogP contribution in [0.2, 0.25) is 0 Å². The summed E-state index contributed by atoms with van der Waals surface area (Å²) in [6.07, 6.45) is 5.32. The number of halogens is 1. The van der Waals surface area contributed by atoms with Crippen LogP contribution in [0.4, 0.5) is 5.69 Å². The maximum absolute atomic E-state index is 12.4. The third kappa shape index (κ3) is 4.54. The van der Waals surface area contributed by atoms with Crippen molar-refractivity contribution in [3.8, 4) is 11.5 Å². The Balaban J connectivity index is 0.00000208. The average molecular weight is 355 g/mol. The standard InChI is InChI=1S/C18H26N2O3.ClH/c1-3-23-17-7-6-15(22-2)11-16(17)20-18(21)10-12-8-13-4-5-14(9-12)19-13;/h6-7,11-14,19H,3-5,8-10H2,1-2H3,(H,20,21);1H. The zero-order chi connectivity index (χ0) is 16.2. The lowest BCUT2D eigenvalue weighted by Gasteiger charge is -2.28. The predicted molar refractivity (Wildman–Crippen MR) is 97.3 cm³/mol. The van der Waals surface area contributed by atoms with Crippen LogP contribution in [-0.2, 0) is 4.79 Å². The molecule has 2 heterocycles. The van der Waals surface area contributed by atoms with E-state index in [0.29, 0.717) is 48.2 Å². The number of piperidine rings is 1. The van der Waals surface area contributed by atoms with Crippen molar-refractivity contribution in [2.45, 2.75) is 51.1 Å². The first-order valence-electron chi connectivity index (χ1n) is 8.54. The third-order valence-electron chi connectivity index (χ3n) is 4.81. The molecule has 2 aliphatic heterocycles. The average Bonchev–Trinajstić information content (AvgIpc) is 2.88.